The second-order valence-electron chi connectivity index (χ2n) is 5.69. The summed E-state index contributed by atoms with van der Waals surface area (Å²) in [5, 5.41) is 2.97. The number of hydrogen-bond donors (Lipinski definition) is 1. The van der Waals surface area contributed by atoms with Crippen LogP contribution in [-0.4, -0.2) is 68.7 Å². The first-order chi connectivity index (χ1) is 9.05. The van der Waals surface area contributed by atoms with Crippen LogP contribution in [0.1, 0.15) is 32.6 Å². The van der Waals surface area contributed by atoms with Crippen LogP contribution in [0.5, 0.6) is 0 Å². The van der Waals surface area contributed by atoms with E-state index in [0.717, 1.165) is 51.9 Å². The second-order valence-corrected chi connectivity index (χ2v) is 7.97. The number of nitrogens with zero attached hydrogens (tertiary/aromatic N) is 2. The predicted octanol–water partition coefficient (Wildman–Crippen LogP) is 0.484. The van der Waals surface area contributed by atoms with Crippen molar-refractivity contribution >= 4 is 10.0 Å². The maximum absolute atomic E-state index is 12.6. The number of piperidine rings is 2. The Morgan fingerprint density at radius 2 is 1.95 bits per heavy atom. The molecule has 0 radical (unpaired) electrons. The van der Waals surface area contributed by atoms with Crippen molar-refractivity contribution in [3.8, 4) is 0 Å². The lowest BCUT2D eigenvalue weighted by atomic mass is 10.1. The minimum absolute atomic E-state index is 0.190. The molecule has 1 unspecified atom stereocenters. The Balaban J connectivity index is 1.96. The molecule has 2 rings (SSSR count). The van der Waals surface area contributed by atoms with Crippen molar-refractivity contribution in [2.24, 2.45) is 0 Å². The third kappa shape index (κ3) is 3.48. The molecular formula is C13H27N3O2S. The van der Waals surface area contributed by atoms with E-state index in [1.54, 1.807) is 11.4 Å². The van der Waals surface area contributed by atoms with Crippen molar-refractivity contribution < 1.29 is 8.42 Å². The molecule has 1 N–H and O–H groups in total. The molecule has 1 atom stereocenters. The second kappa shape index (κ2) is 6.52. The molecule has 19 heavy (non-hydrogen) atoms. The van der Waals surface area contributed by atoms with Gasteiger partial charge in [0, 0.05) is 19.6 Å². The number of sulfonamides is 1. The Hall–Kier alpha value is -0.170. The van der Waals surface area contributed by atoms with E-state index in [2.05, 4.69) is 17.1 Å². The van der Waals surface area contributed by atoms with E-state index >= 15 is 0 Å². The Morgan fingerprint density at radius 3 is 2.47 bits per heavy atom. The van der Waals surface area contributed by atoms with Gasteiger partial charge in [0.1, 0.15) is 0 Å². The molecule has 0 amide bonds. The fourth-order valence-electron chi connectivity index (χ4n) is 3.12. The first kappa shape index (κ1) is 15.2. The van der Waals surface area contributed by atoms with Crippen LogP contribution in [0.25, 0.3) is 0 Å². The van der Waals surface area contributed by atoms with Crippen LogP contribution in [-0.2, 0) is 10.0 Å². The molecule has 6 heteroatoms. The first-order valence-corrected chi connectivity index (χ1v) is 8.96. The van der Waals surface area contributed by atoms with Crippen molar-refractivity contribution in [1.29, 1.82) is 0 Å². The molecule has 2 aliphatic rings. The van der Waals surface area contributed by atoms with E-state index in [9.17, 15) is 8.42 Å². The Bertz CT molecular complexity index is 371. The summed E-state index contributed by atoms with van der Waals surface area (Å²) in [6.45, 7) is 6.82. The smallest absolute Gasteiger partial charge is 0.218 e. The van der Waals surface area contributed by atoms with E-state index in [1.165, 1.54) is 0 Å². The number of nitrogens with one attached hydrogen (secondary N) is 1. The molecule has 0 aromatic heterocycles. The summed E-state index contributed by atoms with van der Waals surface area (Å²) in [7, 11) is -1.36. The van der Waals surface area contributed by atoms with Gasteiger partial charge in [0.15, 0.2) is 0 Å². The topological polar surface area (TPSA) is 52.7 Å². The predicted molar refractivity (Wildman–Crippen MR) is 77.7 cm³/mol. The summed E-state index contributed by atoms with van der Waals surface area (Å²) >= 11 is 0. The molecule has 0 aromatic carbocycles. The normalized spacial score (nSPS) is 27.8. The van der Waals surface area contributed by atoms with E-state index in [1.807, 2.05) is 0 Å². The average molecular weight is 289 g/mol. The fourth-order valence-corrected chi connectivity index (χ4v) is 5.01. The van der Waals surface area contributed by atoms with Crippen LogP contribution in [0.15, 0.2) is 0 Å². The molecule has 2 fully saturated rings. The third-order valence-electron chi connectivity index (χ3n) is 4.59. The highest BCUT2D eigenvalue weighted by Crippen LogP contribution is 2.22. The number of hydrogen-bond acceptors (Lipinski definition) is 4. The van der Waals surface area contributed by atoms with Gasteiger partial charge < -0.3 is 10.2 Å². The van der Waals surface area contributed by atoms with Crippen LogP contribution in [0.4, 0.5) is 0 Å². The summed E-state index contributed by atoms with van der Waals surface area (Å²) in [5.74, 6) is 0. The van der Waals surface area contributed by atoms with Gasteiger partial charge in [-0.25, -0.2) is 12.7 Å². The molecule has 2 heterocycles. The van der Waals surface area contributed by atoms with Gasteiger partial charge in [-0.3, -0.25) is 0 Å². The van der Waals surface area contributed by atoms with Crippen LogP contribution >= 0.6 is 0 Å². The number of rotatable bonds is 4. The SMILES string of the molecule is CCN1CCC(N(C)S(=O)(=O)C2CCCNC2)CC1. The maximum Gasteiger partial charge on any atom is 0.218 e. The highest BCUT2D eigenvalue weighted by atomic mass is 32.2. The van der Waals surface area contributed by atoms with Crippen LogP contribution in [0, 0.1) is 0 Å². The highest BCUT2D eigenvalue weighted by molar-refractivity contribution is 7.89. The highest BCUT2D eigenvalue weighted by Gasteiger charge is 2.35. The lowest BCUT2D eigenvalue weighted by Crippen LogP contribution is -2.51. The Labute approximate surface area is 117 Å². The third-order valence-corrected chi connectivity index (χ3v) is 6.94. The maximum atomic E-state index is 12.6. The van der Waals surface area contributed by atoms with Crippen LogP contribution < -0.4 is 5.32 Å². The van der Waals surface area contributed by atoms with Crippen molar-refractivity contribution in [2.75, 3.05) is 39.8 Å². The van der Waals surface area contributed by atoms with Crippen molar-refractivity contribution in [3.63, 3.8) is 0 Å². The summed E-state index contributed by atoms with van der Waals surface area (Å²) in [4.78, 5) is 2.39. The van der Waals surface area contributed by atoms with Crippen LogP contribution in [0.3, 0.4) is 0 Å². The van der Waals surface area contributed by atoms with E-state index in [-0.39, 0.29) is 11.3 Å². The summed E-state index contributed by atoms with van der Waals surface area (Å²) in [6.07, 6.45) is 3.69. The molecule has 0 saturated carbocycles. The molecule has 5 nitrogen and oxygen atoms in total. The summed E-state index contributed by atoms with van der Waals surface area (Å²) in [6, 6.07) is 0.190. The minimum Gasteiger partial charge on any atom is -0.315 e. The van der Waals surface area contributed by atoms with Gasteiger partial charge in [0.05, 0.1) is 5.25 Å². The Morgan fingerprint density at radius 1 is 1.26 bits per heavy atom. The van der Waals surface area contributed by atoms with Crippen molar-refractivity contribution in [3.05, 3.63) is 0 Å². The molecule has 0 aliphatic carbocycles. The lowest BCUT2D eigenvalue weighted by Gasteiger charge is -2.37. The standard InChI is InChI=1S/C13H27N3O2S/c1-3-16-9-6-12(7-10-16)15(2)19(17,18)13-5-4-8-14-11-13/h12-14H,3-11H2,1-2H3. The lowest BCUT2D eigenvalue weighted by molar-refractivity contribution is 0.175. The van der Waals surface area contributed by atoms with Gasteiger partial charge in [-0.15, -0.1) is 0 Å². The van der Waals surface area contributed by atoms with Crippen LogP contribution in [0.2, 0.25) is 0 Å². The van der Waals surface area contributed by atoms with Gasteiger partial charge in [-0.1, -0.05) is 6.92 Å². The molecule has 0 spiro atoms. The zero-order valence-electron chi connectivity index (χ0n) is 12.1. The monoisotopic (exact) mass is 289 g/mol. The first-order valence-electron chi connectivity index (χ1n) is 7.45. The fraction of sp³-hybridized carbons (Fsp3) is 1.00. The number of likely N-dealkylation sites (tertiary alicyclic amines) is 1. The van der Waals surface area contributed by atoms with E-state index in [0.29, 0.717) is 6.54 Å². The van der Waals surface area contributed by atoms with Gasteiger partial charge in [0.2, 0.25) is 10.0 Å². The zero-order chi connectivity index (χ0) is 13.9. The zero-order valence-corrected chi connectivity index (χ0v) is 13.0. The van der Waals surface area contributed by atoms with Gasteiger partial charge >= 0.3 is 0 Å². The molecule has 2 saturated heterocycles. The van der Waals surface area contributed by atoms with E-state index < -0.39 is 10.0 Å². The van der Waals surface area contributed by atoms with Gasteiger partial charge in [-0.05, 0) is 51.9 Å². The van der Waals surface area contributed by atoms with Crippen molar-refractivity contribution in [2.45, 2.75) is 43.9 Å². The minimum atomic E-state index is -3.13. The molecular weight excluding hydrogens is 262 g/mol. The van der Waals surface area contributed by atoms with E-state index in [4.69, 9.17) is 0 Å². The summed E-state index contributed by atoms with van der Waals surface area (Å²) < 4.78 is 26.9. The van der Waals surface area contributed by atoms with Gasteiger partial charge in [-0.2, -0.15) is 0 Å². The van der Waals surface area contributed by atoms with Crippen molar-refractivity contribution in [1.82, 2.24) is 14.5 Å². The molecule has 112 valence electrons. The Kier molecular flexibility index (Phi) is 5.22. The molecule has 2 aliphatic heterocycles. The quantitative estimate of drug-likeness (QED) is 0.818. The largest absolute Gasteiger partial charge is 0.315 e. The molecule has 0 bridgehead atoms. The van der Waals surface area contributed by atoms with Gasteiger partial charge in [0.25, 0.3) is 0 Å². The average Bonchev–Trinajstić information content (AvgIpc) is 2.47. The molecule has 0 aromatic rings. The summed E-state index contributed by atoms with van der Waals surface area (Å²) in [5.41, 5.74) is 0.